The van der Waals surface area contributed by atoms with Crippen molar-refractivity contribution in [2.75, 3.05) is 0 Å². The van der Waals surface area contributed by atoms with Crippen LogP contribution in [-0.2, 0) is 12.8 Å². The minimum atomic E-state index is 0.514. The first-order valence-corrected chi connectivity index (χ1v) is 17.9. The van der Waals surface area contributed by atoms with Crippen LogP contribution in [0.3, 0.4) is 0 Å². The average molecular weight is 636 g/mol. The highest BCUT2D eigenvalue weighted by molar-refractivity contribution is 6.00. The Morgan fingerprint density at radius 3 is 2.47 bits per heavy atom. The van der Waals surface area contributed by atoms with Gasteiger partial charge in [0.2, 0.25) is 0 Å². The van der Waals surface area contributed by atoms with Crippen LogP contribution in [0.1, 0.15) is 84.9 Å². The lowest BCUT2D eigenvalue weighted by atomic mass is 9.79. The van der Waals surface area contributed by atoms with Gasteiger partial charge in [-0.2, -0.15) is 0 Å². The van der Waals surface area contributed by atoms with Crippen molar-refractivity contribution in [1.82, 2.24) is 15.0 Å². The molecule has 0 saturated carbocycles. The van der Waals surface area contributed by atoms with Crippen molar-refractivity contribution in [3.8, 4) is 0 Å². The summed E-state index contributed by atoms with van der Waals surface area (Å²) in [7, 11) is 0. The number of rotatable bonds is 4. The summed E-state index contributed by atoms with van der Waals surface area (Å²) in [4.78, 5) is 16.0. The third-order valence-electron chi connectivity index (χ3n) is 11.1. The number of fused-ring (bicyclic) bond motifs is 7. The molecule has 2 aromatic heterocycles. The third-order valence-corrected chi connectivity index (χ3v) is 11.1. The van der Waals surface area contributed by atoms with E-state index < -0.39 is 0 Å². The highest BCUT2D eigenvalue weighted by Crippen LogP contribution is 2.46. The molecule has 238 valence electrons. The second-order valence-corrected chi connectivity index (χ2v) is 14.0. The van der Waals surface area contributed by atoms with E-state index in [-0.39, 0.29) is 0 Å². The number of hydrogen-bond donors (Lipinski definition) is 0. The Bertz CT molecular complexity index is 2420. The van der Waals surface area contributed by atoms with Gasteiger partial charge in [-0.05, 0) is 108 Å². The smallest absolute Gasteiger partial charge is 0.165 e. The summed E-state index contributed by atoms with van der Waals surface area (Å²) in [5, 5.41) is 3.80. The van der Waals surface area contributed by atoms with Gasteiger partial charge in [-0.25, -0.2) is 15.0 Å². The van der Waals surface area contributed by atoms with Crippen molar-refractivity contribution in [2.24, 2.45) is 5.92 Å². The molecule has 3 aromatic carbocycles. The Hall–Kier alpha value is -5.35. The number of hydrogen-bond acceptors (Lipinski definition) is 4. The van der Waals surface area contributed by atoms with E-state index in [4.69, 9.17) is 19.4 Å². The number of aryl methyl sites for hydroxylation is 2. The first-order valence-electron chi connectivity index (χ1n) is 17.9. The molecule has 0 amide bonds. The summed E-state index contributed by atoms with van der Waals surface area (Å²) in [6, 6.07) is 21.8. The molecule has 49 heavy (non-hydrogen) atoms. The van der Waals surface area contributed by atoms with E-state index in [1.54, 1.807) is 0 Å². The first-order chi connectivity index (χ1) is 24.3. The van der Waals surface area contributed by atoms with Gasteiger partial charge in [0.25, 0.3) is 0 Å². The fraction of sp³-hybridized carbons (Fsp3) is 0.222. The molecule has 0 spiro atoms. The van der Waals surface area contributed by atoms with Gasteiger partial charge in [0.1, 0.15) is 11.3 Å². The molecule has 0 radical (unpaired) electrons. The minimum absolute atomic E-state index is 0.514. The topological polar surface area (TPSA) is 51.8 Å². The maximum absolute atomic E-state index is 6.56. The highest BCUT2D eigenvalue weighted by Gasteiger charge is 2.32. The van der Waals surface area contributed by atoms with E-state index in [0.29, 0.717) is 5.92 Å². The van der Waals surface area contributed by atoms with Crippen LogP contribution in [0.5, 0.6) is 0 Å². The molecule has 0 fully saturated rings. The van der Waals surface area contributed by atoms with Crippen LogP contribution < -0.4 is 0 Å². The molecule has 10 rings (SSSR count). The van der Waals surface area contributed by atoms with E-state index >= 15 is 0 Å². The summed E-state index contributed by atoms with van der Waals surface area (Å²) in [6.07, 6.45) is 27.3. The molecule has 0 N–H and O–H groups in total. The van der Waals surface area contributed by atoms with E-state index in [2.05, 4.69) is 109 Å². The predicted molar refractivity (Wildman–Crippen MR) is 200 cm³/mol. The van der Waals surface area contributed by atoms with Crippen molar-refractivity contribution < 1.29 is 4.42 Å². The van der Waals surface area contributed by atoms with Crippen molar-refractivity contribution in [3.63, 3.8) is 0 Å². The lowest BCUT2D eigenvalue weighted by molar-refractivity contribution is 0.542. The van der Waals surface area contributed by atoms with Gasteiger partial charge in [0, 0.05) is 28.5 Å². The van der Waals surface area contributed by atoms with Crippen molar-refractivity contribution in [3.05, 3.63) is 160 Å². The van der Waals surface area contributed by atoms with Gasteiger partial charge in [0.15, 0.2) is 17.5 Å². The second kappa shape index (κ2) is 11.7. The molecule has 2 heterocycles. The van der Waals surface area contributed by atoms with E-state index in [1.807, 2.05) is 0 Å². The zero-order chi connectivity index (χ0) is 32.3. The van der Waals surface area contributed by atoms with Crippen LogP contribution in [0.15, 0.2) is 124 Å². The highest BCUT2D eigenvalue weighted by atomic mass is 16.3. The normalized spacial score (nSPS) is 20.0. The van der Waals surface area contributed by atoms with Crippen molar-refractivity contribution >= 4 is 44.5 Å². The maximum atomic E-state index is 6.56. The summed E-state index contributed by atoms with van der Waals surface area (Å²) < 4.78 is 6.56. The molecule has 5 aromatic rings. The number of para-hydroxylation sites is 1. The molecular formula is C45H37N3O. The summed E-state index contributed by atoms with van der Waals surface area (Å²) in [5.74, 6) is 3.86. The van der Waals surface area contributed by atoms with Gasteiger partial charge in [-0.3, -0.25) is 0 Å². The molecule has 4 heteroatoms. The number of furan rings is 1. The molecule has 0 bridgehead atoms. The fourth-order valence-electron chi connectivity index (χ4n) is 8.62. The Morgan fingerprint density at radius 1 is 0.673 bits per heavy atom. The van der Waals surface area contributed by atoms with Crippen molar-refractivity contribution in [2.45, 2.75) is 57.8 Å². The largest absolute Gasteiger partial charge is 0.460 e. The SMILES string of the molecule is C1=CC(c2nc(C3=CC=C4C=CCCC4C3)nc(C3=C(C4=Cc5ccc6ccccc6c5CC4)CCc4oc5ccccc5c43)n2)=CCC1. The molecule has 5 aliphatic carbocycles. The first kappa shape index (κ1) is 28.6. The zero-order valence-corrected chi connectivity index (χ0v) is 27.6. The average Bonchev–Trinajstić information content (AvgIpc) is 3.56. The van der Waals surface area contributed by atoms with Crippen LogP contribution >= 0.6 is 0 Å². The summed E-state index contributed by atoms with van der Waals surface area (Å²) in [5.41, 5.74) is 12.4. The molecule has 1 unspecified atom stereocenters. The molecule has 4 nitrogen and oxygen atoms in total. The van der Waals surface area contributed by atoms with E-state index in [0.717, 1.165) is 102 Å². The Balaban J connectivity index is 1.21. The Kier molecular flexibility index (Phi) is 6.82. The lowest BCUT2D eigenvalue weighted by Crippen LogP contribution is -2.16. The number of benzene rings is 3. The molecule has 1 atom stereocenters. The lowest BCUT2D eigenvalue weighted by Gasteiger charge is -2.27. The third kappa shape index (κ3) is 4.92. The molecular weight excluding hydrogens is 599 g/mol. The quantitative estimate of drug-likeness (QED) is 0.197. The number of nitrogens with zero attached hydrogens (tertiary/aromatic N) is 3. The monoisotopic (exact) mass is 635 g/mol. The van der Waals surface area contributed by atoms with Crippen molar-refractivity contribution in [1.29, 1.82) is 0 Å². The van der Waals surface area contributed by atoms with Gasteiger partial charge in [0.05, 0.1) is 0 Å². The molecule has 5 aliphatic rings. The summed E-state index contributed by atoms with van der Waals surface area (Å²) >= 11 is 0. The maximum Gasteiger partial charge on any atom is 0.165 e. The number of aromatic nitrogens is 3. The minimum Gasteiger partial charge on any atom is -0.460 e. The summed E-state index contributed by atoms with van der Waals surface area (Å²) in [6.45, 7) is 0. The van der Waals surface area contributed by atoms with Crippen LogP contribution in [0, 0.1) is 5.92 Å². The number of allylic oxidation sites excluding steroid dienone is 12. The van der Waals surface area contributed by atoms with Gasteiger partial charge < -0.3 is 4.42 Å². The fourth-order valence-corrected chi connectivity index (χ4v) is 8.62. The van der Waals surface area contributed by atoms with Crippen LogP contribution in [0.4, 0.5) is 0 Å². The predicted octanol–water partition coefficient (Wildman–Crippen LogP) is 11.0. The molecule has 0 aliphatic heterocycles. The van der Waals surface area contributed by atoms with Crippen LogP contribution in [0.25, 0.3) is 44.5 Å². The van der Waals surface area contributed by atoms with E-state index in [9.17, 15) is 0 Å². The van der Waals surface area contributed by atoms with Crippen LogP contribution in [0.2, 0.25) is 0 Å². The Morgan fingerprint density at radius 2 is 1.53 bits per heavy atom. The van der Waals surface area contributed by atoms with Gasteiger partial charge >= 0.3 is 0 Å². The van der Waals surface area contributed by atoms with Gasteiger partial charge in [-0.15, -0.1) is 0 Å². The molecule has 0 saturated heterocycles. The van der Waals surface area contributed by atoms with Gasteiger partial charge in [-0.1, -0.05) is 103 Å². The standard InChI is InChI=1S/C45H37N3O/c1-2-12-30(13-3-1)43-46-44(34-21-18-28-10-4-5-14-31(28)26-34)48-45(47-43)42-37(24-25-40-41(42)38-16-8-9-17-39(38)49-40)33-22-23-36-32(27-33)20-19-29-11-6-7-15-35(29)36/h2,4,6-13,15-21,27,31H,1,3,5,14,22-26H2. The van der Waals surface area contributed by atoms with E-state index in [1.165, 1.54) is 50.6 Å². The second-order valence-electron chi connectivity index (χ2n) is 14.0. The zero-order valence-electron chi connectivity index (χ0n) is 27.6. The Labute approximate surface area is 286 Å². The van der Waals surface area contributed by atoms with Crippen LogP contribution in [-0.4, -0.2) is 15.0 Å².